The summed E-state index contributed by atoms with van der Waals surface area (Å²) in [6.45, 7) is 2.84. The standard InChI is InChI=1S/C13H12ClF3N2O/c1-8(2)19(12(20)13(15,16)17)11(7-18)9-3-5-10(14)6-4-9/h3-6,8,11H,1-2H3. The number of hydrogen-bond acceptors (Lipinski definition) is 2. The second kappa shape index (κ2) is 6.14. The third-order valence-corrected chi connectivity index (χ3v) is 2.87. The molecule has 1 aromatic carbocycles. The minimum Gasteiger partial charge on any atom is -0.312 e. The van der Waals surface area contributed by atoms with Gasteiger partial charge in [0.2, 0.25) is 0 Å². The van der Waals surface area contributed by atoms with Gasteiger partial charge >= 0.3 is 12.1 Å². The molecule has 0 radical (unpaired) electrons. The van der Waals surface area contributed by atoms with Crippen LogP contribution in [0.3, 0.4) is 0 Å². The van der Waals surface area contributed by atoms with Gasteiger partial charge in [0.25, 0.3) is 0 Å². The highest BCUT2D eigenvalue weighted by atomic mass is 35.5. The molecular weight excluding hydrogens is 293 g/mol. The Morgan fingerprint density at radius 3 is 2.15 bits per heavy atom. The smallest absolute Gasteiger partial charge is 0.312 e. The van der Waals surface area contributed by atoms with Crippen molar-refractivity contribution in [3.05, 3.63) is 34.9 Å². The van der Waals surface area contributed by atoms with Crippen LogP contribution in [0.15, 0.2) is 24.3 Å². The van der Waals surface area contributed by atoms with E-state index in [4.69, 9.17) is 16.9 Å². The van der Waals surface area contributed by atoms with Gasteiger partial charge in [0.05, 0.1) is 6.07 Å². The summed E-state index contributed by atoms with van der Waals surface area (Å²) in [5.74, 6) is -2.03. The lowest BCUT2D eigenvalue weighted by molar-refractivity contribution is -0.189. The number of hydrogen-bond donors (Lipinski definition) is 0. The molecule has 0 saturated carbocycles. The lowest BCUT2D eigenvalue weighted by Gasteiger charge is -2.31. The molecule has 1 aromatic rings. The van der Waals surface area contributed by atoms with Crippen molar-refractivity contribution in [1.82, 2.24) is 4.90 Å². The van der Waals surface area contributed by atoms with E-state index in [9.17, 15) is 18.0 Å². The largest absolute Gasteiger partial charge is 0.471 e. The molecule has 0 heterocycles. The molecule has 20 heavy (non-hydrogen) atoms. The molecule has 1 atom stereocenters. The van der Waals surface area contributed by atoms with E-state index in [1.807, 2.05) is 0 Å². The van der Waals surface area contributed by atoms with Gasteiger partial charge in [-0.25, -0.2) is 0 Å². The van der Waals surface area contributed by atoms with Gasteiger partial charge < -0.3 is 4.90 Å². The van der Waals surface area contributed by atoms with Crippen molar-refractivity contribution in [2.45, 2.75) is 32.1 Å². The van der Waals surface area contributed by atoms with Gasteiger partial charge in [0.15, 0.2) is 0 Å². The van der Waals surface area contributed by atoms with Crippen molar-refractivity contribution in [3.8, 4) is 6.07 Å². The minimum atomic E-state index is -5.02. The van der Waals surface area contributed by atoms with Crippen molar-refractivity contribution in [3.63, 3.8) is 0 Å². The molecule has 0 saturated heterocycles. The van der Waals surface area contributed by atoms with Gasteiger partial charge in [-0.05, 0) is 31.5 Å². The molecule has 0 aliphatic rings. The summed E-state index contributed by atoms with van der Waals surface area (Å²) in [5.41, 5.74) is 0.281. The zero-order valence-electron chi connectivity index (χ0n) is 10.8. The number of nitriles is 1. The fourth-order valence-electron chi connectivity index (χ4n) is 1.74. The summed E-state index contributed by atoms with van der Waals surface area (Å²) in [4.78, 5) is 12.0. The molecule has 0 aromatic heterocycles. The van der Waals surface area contributed by atoms with Gasteiger partial charge in [0, 0.05) is 11.1 Å². The summed E-state index contributed by atoms with van der Waals surface area (Å²) >= 11 is 5.69. The number of rotatable bonds is 3. The molecule has 1 amide bonds. The summed E-state index contributed by atoms with van der Waals surface area (Å²) in [6.07, 6.45) is -5.02. The number of alkyl halides is 3. The van der Waals surface area contributed by atoms with E-state index in [0.717, 1.165) is 0 Å². The number of halogens is 4. The van der Waals surface area contributed by atoms with Gasteiger partial charge in [-0.1, -0.05) is 23.7 Å². The maximum atomic E-state index is 12.6. The van der Waals surface area contributed by atoms with Crippen molar-refractivity contribution in [1.29, 1.82) is 5.26 Å². The van der Waals surface area contributed by atoms with Crippen molar-refractivity contribution in [2.24, 2.45) is 0 Å². The molecule has 1 unspecified atom stereocenters. The summed E-state index contributed by atoms with van der Waals surface area (Å²) in [6, 6.07) is 5.41. The van der Waals surface area contributed by atoms with Crippen LogP contribution in [0, 0.1) is 11.3 Å². The van der Waals surface area contributed by atoms with E-state index in [2.05, 4.69) is 0 Å². The Morgan fingerprint density at radius 1 is 1.30 bits per heavy atom. The molecule has 3 nitrogen and oxygen atoms in total. The van der Waals surface area contributed by atoms with Gasteiger partial charge in [-0.2, -0.15) is 18.4 Å². The SMILES string of the molecule is CC(C)N(C(=O)C(F)(F)F)C(C#N)c1ccc(Cl)cc1. The Hall–Kier alpha value is -1.74. The van der Waals surface area contributed by atoms with Gasteiger partial charge in [-0.3, -0.25) is 4.79 Å². The minimum absolute atomic E-state index is 0.281. The fourth-order valence-corrected chi connectivity index (χ4v) is 1.86. The first-order valence-corrected chi connectivity index (χ1v) is 6.11. The first-order valence-electron chi connectivity index (χ1n) is 5.73. The van der Waals surface area contributed by atoms with E-state index >= 15 is 0 Å². The van der Waals surface area contributed by atoms with Crippen LogP contribution in [0.25, 0.3) is 0 Å². The Kier molecular flexibility index (Phi) is 5.01. The van der Waals surface area contributed by atoms with Crippen LogP contribution in [-0.2, 0) is 4.79 Å². The predicted octanol–water partition coefficient (Wildman–Crippen LogP) is 3.70. The number of benzene rings is 1. The van der Waals surface area contributed by atoms with Crippen LogP contribution in [0.2, 0.25) is 5.02 Å². The molecule has 108 valence electrons. The summed E-state index contributed by atoms with van der Waals surface area (Å²) < 4.78 is 37.8. The van der Waals surface area contributed by atoms with Gasteiger partial charge in [0.1, 0.15) is 6.04 Å². The molecule has 0 N–H and O–H groups in total. The number of carbonyl (C=O) groups is 1. The zero-order valence-corrected chi connectivity index (χ0v) is 11.5. The first-order chi connectivity index (χ1) is 9.18. The average Bonchev–Trinajstić information content (AvgIpc) is 2.34. The van der Waals surface area contributed by atoms with Crippen molar-refractivity contribution < 1.29 is 18.0 Å². The summed E-state index contributed by atoms with van der Waals surface area (Å²) in [5, 5.41) is 9.53. The topological polar surface area (TPSA) is 44.1 Å². The Balaban J connectivity index is 3.21. The molecule has 1 rings (SSSR count). The van der Waals surface area contributed by atoms with Crippen LogP contribution in [-0.4, -0.2) is 23.0 Å². The van der Waals surface area contributed by atoms with Crippen LogP contribution in [0.5, 0.6) is 0 Å². The number of nitrogens with zero attached hydrogens (tertiary/aromatic N) is 2. The lowest BCUT2D eigenvalue weighted by atomic mass is 10.0. The monoisotopic (exact) mass is 304 g/mol. The van der Waals surface area contributed by atoms with E-state index in [1.54, 1.807) is 6.07 Å². The first kappa shape index (κ1) is 16.3. The maximum Gasteiger partial charge on any atom is 0.471 e. The highest BCUT2D eigenvalue weighted by molar-refractivity contribution is 6.30. The van der Waals surface area contributed by atoms with E-state index in [1.165, 1.54) is 38.1 Å². The van der Waals surface area contributed by atoms with Crippen LogP contribution < -0.4 is 0 Å². The second-order valence-corrected chi connectivity index (χ2v) is 4.82. The van der Waals surface area contributed by atoms with E-state index < -0.39 is 24.2 Å². The Labute approximate surface area is 119 Å². The van der Waals surface area contributed by atoms with Crippen LogP contribution >= 0.6 is 11.6 Å². The molecule has 0 fully saturated rings. The van der Waals surface area contributed by atoms with Crippen molar-refractivity contribution in [2.75, 3.05) is 0 Å². The fraction of sp³-hybridized carbons (Fsp3) is 0.385. The second-order valence-electron chi connectivity index (χ2n) is 4.39. The van der Waals surface area contributed by atoms with Crippen LogP contribution in [0.1, 0.15) is 25.5 Å². The maximum absolute atomic E-state index is 12.6. The van der Waals surface area contributed by atoms with Gasteiger partial charge in [-0.15, -0.1) is 0 Å². The average molecular weight is 305 g/mol. The molecular formula is C13H12ClF3N2O. The number of carbonyl (C=O) groups excluding carboxylic acids is 1. The lowest BCUT2D eigenvalue weighted by Crippen LogP contribution is -2.46. The normalized spacial score (nSPS) is 12.9. The molecule has 0 aliphatic carbocycles. The molecule has 0 spiro atoms. The zero-order chi connectivity index (χ0) is 15.5. The Bertz CT molecular complexity index is 520. The van der Waals surface area contributed by atoms with E-state index in [-0.39, 0.29) is 5.56 Å². The Morgan fingerprint density at radius 2 is 1.80 bits per heavy atom. The summed E-state index contributed by atoms with van der Waals surface area (Å²) in [7, 11) is 0. The van der Waals surface area contributed by atoms with Crippen LogP contribution in [0.4, 0.5) is 13.2 Å². The molecule has 7 heteroatoms. The third-order valence-electron chi connectivity index (χ3n) is 2.62. The quantitative estimate of drug-likeness (QED) is 0.854. The highest BCUT2D eigenvalue weighted by Gasteiger charge is 2.46. The molecule has 0 bridgehead atoms. The molecule has 0 aliphatic heterocycles. The van der Waals surface area contributed by atoms with E-state index in [0.29, 0.717) is 9.92 Å². The number of amides is 1. The third kappa shape index (κ3) is 3.64. The highest BCUT2D eigenvalue weighted by Crippen LogP contribution is 2.29. The van der Waals surface area contributed by atoms with Crippen molar-refractivity contribution >= 4 is 17.5 Å². The predicted molar refractivity (Wildman–Crippen MR) is 67.8 cm³/mol.